The van der Waals surface area contributed by atoms with Gasteiger partial charge >= 0.3 is 0 Å². The highest BCUT2D eigenvalue weighted by Gasteiger charge is 2.44. The van der Waals surface area contributed by atoms with Crippen molar-refractivity contribution in [3.63, 3.8) is 0 Å². The number of amides is 1. The van der Waals surface area contributed by atoms with Crippen molar-refractivity contribution in [3.8, 4) is 0 Å². The third-order valence-corrected chi connectivity index (χ3v) is 8.43. The highest BCUT2D eigenvalue weighted by atomic mass is 35.5. The van der Waals surface area contributed by atoms with Gasteiger partial charge in [-0.2, -0.15) is 0 Å². The van der Waals surface area contributed by atoms with Crippen LogP contribution in [0.3, 0.4) is 0 Å². The van der Waals surface area contributed by atoms with Crippen LogP contribution in [0.1, 0.15) is 30.7 Å². The molecule has 1 saturated carbocycles. The molecule has 1 amide bonds. The Morgan fingerprint density at radius 3 is 2.74 bits per heavy atom. The van der Waals surface area contributed by atoms with E-state index < -0.39 is 10.0 Å². The highest BCUT2D eigenvalue weighted by Crippen LogP contribution is 2.48. The molecule has 3 N–H and O–H groups in total. The summed E-state index contributed by atoms with van der Waals surface area (Å²) in [5, 5.41) is 8.57. The number of piperidine rings is 1. The van der Waals surface area contributed by atoms with Crippen molar-refractivity contribution >= 4 is 44.0 Å². The molecule has 2 aromatic carbocycles. The summed E-state index contributed by atoms with van der Waals surface area (Å²) in [6, 6.07) is 12.5. The Morgan fingerprint density at radius 1 is 1.15 bits per heavy atom. The number of hydrogen-bond donors (Lipinski definition) is 3. The molecule has 3 atom stereocenters. The SMILES string of the molecule is O=C(Nc1ccc2cncc(Cl)c2c1)[C@@H]1CC1c1ccc(S(=O)(=O)NC[C@@H]2CCCNC2)cc1. The maximum absolute atomic E-state index is 12.8. The standard InChI is InChI=1S/C25H27ClN4O3S/c26-24-15-28-14-18-3-6-19(10-22(18)24)30-25(31)23-11-21(23)17-4-7-20(8-5-17)34(32,33)29-13-16-2-1-9-27-12-16/h3-8,10,14-16,21,23,27,29H,1-2,9,11-13H2,(H,30,31)/t16-,21?,23-/m1/s1. The molecule has 0 radical (unpaired) electrons. The summed E-state index contributed by atoms with van der Waals surface area (Å²) in [5.41, 5.74) is 1.67. The molecule has 1 aromatic heterocycles. The first-order valence-electron chi connectivity index (χ1n) is 11.6. The Kier molecular flexibility index (Phi) is 6.57. The normalized spacial score (nSPS) is 22.4. The van der Waals surface area contributed by atoms with Gasteiger partial charge in [-0.25, -0.2) is 13.1 Å². The third kappa shape index (κ3) is 5.10. The molecule has 0 bridgehead atoms. The summed E-state index contributed by atoms with van der Waals surface area (Å²) in [6.07, 6.45) is 6.16. The molecule has 178 valence electrons. The number of halogens is 1. The van der Waals surface area contributed by atoms with Crippen LogP contribution in [0.5, 0.6) is 0 Å². The lowest BCUT2D eigenvalue weighted by atomic mass is 10.0. The Labute approximate surface area is 204 Å². The van der Waals surface area contributed by atoms with Crippen LogP contribution in [0, 0.1) is 11.8 Å². The third-order valence-electron chi connectivity index (χ3n) is 6.69. The molecule has 7 nitrogen and oxygen atoms in total. The van der Waals surface area contributed by atoms with Gasteiger partial charge in [0, 0.05) is 41.3 Å². The number of pyridine rings is 1. The lowest BCUT2D eigenvalue weighted by Crippen LogP contribution is -2.38. The number of nitrogens with zero attached hydrogens (tertiary/aromatic N) is 1. The molecule has 9 heteroatoms. The van der Waals surface area contributed by atoms with Gasteiger partial charge in [0.15, 0.2) is 0 Å². The molecule has 5 rings (SSSR count). The molecular formula is C25H27ClN4O3S. The van der Waals surface area contributed by atoms with Gasteiger partial charge in [-0.15, -0.1) is 0 Å². The molecule has 2 heterocycles. The van der Waals surface area contributed by atoms with Crippen LogP contribution >= 0.6 is 11.6 Å². The van der Waals surface area contributed by atoms with Crippen LogP contribution in [0.4, 0.5) is 5.69 Å². The number of sulfonamides is 1. The zero-order valence-electron chi connectivity index (χ0n) is 18.6. The summed E-state index contributed by atoms with van der Waals surface area (Å²) < 4.78 is 28.0. The van der Waals surface area contributed by atoms with E-state index in [-0.39, 0.29) is 22.6 Å². The smallest absolute Gasteiger partial charge is 0.240 e. The van der Waals surface area contributed by atoms with Crippen molar-refractivity contribution in [2.24, 2.45) is 11.8 Å². The average Bonchev–Trinajstić information content (AvgIpc) is 3.65. The number of nitrogens with one attached hydrogen (secondary N) is 3. The van der Waals surface area contributed by atoms with Gasteiger partial charge in [0.1, 0.15) is 0 Å². The average molecular weight is 499 g/mol. The number of carbonyl (C=O) groups is 1. The van der Waals surface area contributed by atoms with E-state index in [9.17, 15) is 13.2 Å². The van der Waals surface area contributed by atoms with Gasteiger partial charge in [-0.1, -0.05) is 29.8 Å². The van der Waals surface area contributed by atoms with Crippen LogP contribution in [0.25, 0.3) is 10.8 Å². The molecule has 1 unspecified atom stereocenters. The lowest BCUT2D eigenvalue weighted by molar-refractivity contribution is -0.117. The summed E-state index contributed by atoms with van der Waals surface area (Å²) >= 11 is 6.22. The molecule has 0 spiro atoms. The fourth-order valence-corrected chi connectivity index (χ4v) is 5.93. The summed E-state index contributed by atoms with van der Waals surface area (Å²) in [5.74, 6) is 0.229. The first kappa shape index (κ1) is 23.2. The largest absolute Gasteiger partial charge is 0.326 e. The lowest BCUT2D eigenvalue weighted by Gasteiger charge is -2.22. The van der Waals surface area contributed by atoms with Crippen LogP contribution < -0.4 is 15.4 Å². The van der Waals surface area contributed by atoms with E-state index in [0.717, 1.165) is 48.7 Å². The molecule has 2 fully saturated rings. The van der Waals surface area contributed by atoms with Crippen LogP contribution in [0.2, 0.25) is 5.02 Å². The second kappa shape index (κ2) is 9.62. The van der Waals surface area contributed by atoms with E-state index >= 15 is 0 Å². The highest BCUT2D eigenvalue weighted by molar-refractivity contribution is 7.89. The van der Waals surface area contributed by atoms with E-state index in [4.69, 9.17) is 11.6 Å². The van der Waals surface area contributed by atoms with Gasteiger partial charge in [-0.3, -0.25) is 9.78 Å². The fraction of sp³-hybridized carbons (Fsp3) is 0.360. The molecule has 1 aliphatic heterocycles. The minimum absolute atomic E-state index is 0.0472. The first-order valence-corrected chi connectivity index (χ1v) is 13.4. The van der Waals surface area contributed by atoms with Crippen molar-refractivity contribution in [3.05, 3.63) is 65.4 Å². The maximum atomic E-state index is 12.8. The summed E-state index contributed by atoms with van der Waals surface area (Å²) in [4.78, 5) is 17.1. The zero-order chi connectivity index (χ0) is 23.7. The van der Waals surface area contributed by atoms with E-state index in [2.05, 4.69) is 20.3 Å². The molecular weight excluding hydrogens is 472 g/mol. The van der Waals surface area contributed by atoms with Crippen molar-refractivity contribution < 1.29 is 13.2 Å². The molecule has 2 aliphatic rings. The second-order valence-corrected chi connectivity index (χ2v) is 11.3. The minimum atomic E-state index is -3.55. The van der Waals surface area contributed by atoms with Gasteiger partial charge in [-0.05, 0) is 74.0 Å². The Morgan fingerprint density at radius 2 is 1.97 bits per heavy atom. The Bertz CT molecular complexity index is 1310. The van der Waals surface area contributed by atoms with Crippen LogP contribution in [0.15, 0.2) is 59.8 Å². The van der Waals surface area contributed by atoms with Crippen LogP contribution in [-0.2, 0) is 14.8 Å². The number of carbonyl (C=O) groups excluding carboxylic acids is 1. The first-order chi connectivity index (χ1) is 16.4. The molecule has 1 saturated heterocycles. The van der Waals surface area contributed by atoms with Gasteiger partial charge in [0.05, 0.1) is 9.92 Å². The van der Waals surface area contributed by atoms with Gasteiger partial charge in [0.2, 0.25) is 15.9 Å². The number of benzene rings is 2. The quantitative estimate of drug-likeness (QED) is 0.458. The predicted molar refractivity (Wildman–Crippen MR) is 133 cm³/mol. The van der Waals surface area contributed by atoms with Crippen molar-refractivity contribution in [2.45, 2.75) is 30.1 Å². The van der Waals surface area contributed by atoms with Gasteiger partial charge in [0.25, 0.3) is 0 Å². The van der Waals surface area contributed by atoms with Crippen molar-refractivity contribution in [1.82, 2.24) is 15.0 Å². The van der Waals surface area contributed by atoms with E-state index in [1.165, 1.54) is 0 Å². The second-order valence-electron chi connectivity index (χ2n) is 9.13. The maximum Gasteiger partial charge on any atom is 0.240 e. The fourth-order valence-electron chi connectivity index (χ4n) is 4.60. The predicted octanol–water partition coefficient (Wildman–Crippen LogP) is 3.91. The van der Waals surface area contributed by atoms with Crippen molar-refractivity contribution in [1.29, 1.82) is 0 Å². The van der Waals surface area contributed by atoms with E-state index in [1.807, 2.05) is 30.3 Å². The minimum Gasteiger partial charge on any atom is -0.326 e. The number of rotatable bonds is 7. The van der Waals surface area contributed by atoms with Crippen LogP contribution in [-0.4, -0.2) is 38.9 Å². The van der Waals surface area contributed by atoms with E-state index in [0.29, 0.717) is 23.2 Å². The zero-order valence-corrected chi connectivity index (χ0v) is 20.2. The molecule has 3 aromatic rings. The number of fused-ring (bicyclic) bond motifs is 1. The topological polar surface area (TPSA) is 100 Å². The van der Waals surface area contributed by atoms with E-state index in [1.54, 1.807) is 24.5 Å². The molecule has 34 heavy (non-hydrogen) atoms. The number of hydrogen-bond acceptors (Lipinski definition) is 5. The monoisotopic (exact) mass is 498 g/mol. The van der Waals surface area contributed by atoms with Crippen molar-refractivity contribution in [2.75, 3.05) is 25.0 Å². The Hall–Kier alpha value is -2.52. The number of anilines is 1. The summed E-state index contributed by atoms with van der Waals surface area (Å²) in [7, 11) is -3.55. The number of aromatic nitrogens is 1. The summed E-state index contributed by atoms with van der Waals surface area (Å²) in [6.45, 7) is 2.29. The molecule has 1 aliphatic carbocycles. The van der Waals surface area contributed by atoms with Gasteiger partial charge < -0.3 is 10.6 Å². The Balaban J connectivity index is 1.19.